The fourth-order valence-electron chi connectivity index (χ4n) is 3.72. The molecule has 5 heteroatoms. The number of carbonyl (C=O) groups is 1. The molecule has 1 unspecified atom stereocenters. The number of likely N-dealkylation sites (tertiary alicyclic amines) is 1. The van der Waals surface area contributed by atoms with E-state index in [1.807, 2.05) is 18.2 Å². The summed E-state index contributed by atoms with van der Waals surface area (Å²) in [6, 6.07) is 6.01. The Morgan fingerprint density at radius 3 is 2.42 bits per heavy atom. The second kappa shape index (κ2) is 9.26. The average Bonchev–Trinajstić information content (AvgIpc) is 3.01. The molecule has 1 saturated heterocycles. The molecule has 1 aromatic carbocycles. The molecule has 0 radical (unpaired) electrons. The summed E-state index contributed by atoms with van der Waals surface area (Å²) in [4.78, 5) is 14.9. The maximum Gasteiger partial charge on any atom is 0.234 e. The van der Waals surface area contributed by atoms with Crippen LogP contribution in [0.15, 0.2) is 18.2 Å². The first-order valence-electron chi connectivity index (χ1n) is 10.0. The van der Waals surface area contributed by atoms with Crippen LogP contribution in [0.4, 0.5) is 0 Å². The van der Waals surface area contributed by atoms with Gasteiger partial charge in [0.25, 0.3) is 0 Å². The van der Waals surface area contributed by atoms with E-state index < -0.39 is 0 Å². The van der Waals surface area contributed by atoms with Crippen molar-refractivity contribution in [1.82, 2.24) is 10.2 Å². The Balaban J connectivity index is 1.66. The van der Waals surface area contributed by atoms with Gasteiger partial charge in [-0.25, -0.2) is 0 Å². The number of nitrogens with one attached hydrogen (secondary N) is 1. The van der Waals surface area contributed by atoms with Gasteiger partial charge in [0.2, 0.25) is 5.91 Å². The summed E-state index contributed by atoms with van der Waals surface area (Å²) in [5.41, 5.74) is 1.08. The quantitative estimate of drug-likeness (QED) is 0.873. The van der Waals surface area contributed by atoms with Crippen molar-refractivity contribution in [3.63, 3.8) is 0 Å². The Morgan fingerprint density at radius 1 is 1.04 bits per heavy atom. The summed E-state index contributed by atoms with van der Waals surface area (Å²) < 4.78 is 11.5. The normalized spacial score (nSPS) is 19.5. The second-order valence-electron chi connectivity index (χ2n) is 7.74. The standard InChI is InChI=1S/C21H32N2O3/c1-16(2)21(22-20(24)15-23-10-5-3-4-6-11-23)17-8-9-18-19(14-17)26-13-7-12-25-18/h8-9,14,16,21H,3-7,10-13,15H2,1-2H3,(H,22,24). The fourth-order valence-corrected chi connectivity index (χ4v) is 3.72. The molecule has 2 heterocycles. The van der Waals surface area contributed by atoms with Crippen LogP contribution in [-0.2, 0) is 4.79 Å². The lowest BCUT2D eigenvalue weighted by atomic mass is 9.95. The van der Waals surface area contributed by atoms with Gasteiger partial charge in [0.15, 0.2) is 11.5 Å². The van der Waals surface area contributed by atoms with E-state index in [2.05, 4.69) is 24.1 Å². The van der Waals surface area contributed by atoms with Crippen molar-refractivity contribution in [2.45, 2.75) is 52.0 Å². The van der Waals surface area contributed by atoms with Gasteiger partial charge >= 0.3 is 0 Å². The van der Waals surface area contributed by atoms with Gasteiger partial charge in [-0.2, -0.15) is 0 Å². The molecular weight excluding hydrogens is 328 g/mol. The molecule has 2 aliphatic rings. The molecule has 26 heavy (non-hydrogen) atoms. The zero-order chi connectivity index (χ0) is 18.4. The summed E-state index contributed by atoms with van der Waals surface area (Å²) >= 11 is 0. The van der Waals surface area contributed by atoms with Gasteiger partial charge in [0.1, 0.15) is 0 Å². The lowest BCUT2D eigenvalue weighted by Gasteiger charge is -2.26. The molecule has 0 aliphatic carbocycles. The highest BCUT2D eigenvalue weighted by molar-refractivity contribution is 5.78. The predicted octanol–water partition coefficient (Wildman–Crippen LogP) is 3.54. The number of hydrogen-bond donors (Lipinski definition) is 1. The first-order chi connectivity index (χ1) is 12.6. The van der Waals surface area contributed by atoms with Gasteiger partial charge in [-0.3, -0.25) is 9.69 Å². The monoisotopic (exact) mass is 360 g/mol. The lowest BCUT2D eigenvalue weighted by Crippen LogP contribution is -2.40. The summed E-state index contributed by atoms with van der Waals surface area (Å²) in [5.74, 6) is 1.99. The minimum atomic E-state index is -0.0216. The molecule has 0 spiro atoms. The Hall–Kier alpha value is -1.75. The van der Waals surface area contributed by atoms with Gasteiger partial charge in [0, 0.05) is 6.42 Å². The van der Waals surface area contributed by atoms with Crippen molar-refractivity contribution in [3.05, 3.63) is 23.8 Å². The van der Waals surface area contributed by atoms with Crippen molar-refractivity contribution < 1.29 is 14.3 Å². The van der Waals surface area contributed by atoms with Crippen LogP contribution in [0, 0.1) is 5.92 Å². The van der Waals surface area contributed by atoms with Crippen molar-refractivity contribution >= 4 is 5.91 Å². The molecule has 1 N–H and O–H groups in total. The number of benzene rings is 1. The third kappa shape index (κ3) is 5.13. The van der Waals surface area contributed by atoms with E-state index in [4.69, 9.17) is 9.47 Å². The molecule has 0 aromatic heterocycles. The van der Waals surface area contributed by atoms with Crippen LogP contribution in [-0.4, -0.2) is 43.7 Å². The molecule has 1 amide bonds. The first kappa shape index (κ1) is 19.0. The van der Waals surface area contributed by atoms with E-state index in [1.165, 1.54) is 25.7 Å². The van der Waals surface area contributed by atoms with E-state index in [1.54, 1.807) is 0 Å². The molecule has 0 saturated carbocycles. The number of nitrogens with zero attached hydrogens (tertiary/aromatic N) is 1. The van der Waals surface area contributed by atoms with E-state index >= 15 is 0 Å². The van der Waals surface area contributed by atoms with Gasteiger partial charge in [0.05, 0.1) is 25.8 Å². The SMILES string of the molecule is CC(C)C(NC(=O)CN1CCCCCC1)c1ccc2c(c1)OCCCO2. The minimum Gasteiger partial charge on any atom is -0.490 e. The number of fused-ring (bicyclic) bond motifs is 1. The molecule has 1 fully saturated rings. The van der Waals surface area contributed by atoms with E-state index in [0.29, 0.717) is 25.7 Å². The number of carbonyl (C=O) groups excluding carboxylic acids is 1. The second-order valence-corrected chi connectivity index (χ2v) is 7.74. The van der Waals surface area contributed by atoms with Gasteiger partial charge in [-0.1, -0.05) is 32.8 Å². The Morgan fingerprint density at radius 2 is 1.73 bits per heavy atom. The average molecular weight is 360 g/mol. The highest BCUT2D eigenvalue weighted by atomic mass is 16.5. The summed E-state index contributed by atoms with van der Waals surface area (Å²) in [6.45, 7) is 8.19. The molecule has 2 aliphatic heterocycles. The van der Waals surface area contributed by atoms with Crippen molar-refractivity contribution in [1.29, 1.82) is 0 Å². The maximum absolute atomic E-state index is 12.6. The van der Waals surface area contributed by atoms with E-state index in [0.717, 1.165) is 36.6 Å². The molecular formula is C21H32N2O3. The smallest absolute Gasteiger partial charge is 0.234 e. The predicted molar refractivity (Wildman–Crippen MR) is 103 cm³/mol. The maximum atomic E-state index is 12.6. The summed E-state index contributed by atoms with van der Waals surface area (Å²) in [6.07, 6.45) is 5.85. The Bertz CT molecular complexity index is 595. The zero-order valence-corrected chi connectivity index (χ0v) is 16.1. The van der Waals surface area contributed by atoms with Crippen LogP contribution in [0.2, 0.25) is 0 Å². The van der Waals surface area contributed by atoms with Crippen LogP contribution < -0.4 is 14.8 Å². The minimum absolute atomic E-state index is 0.0216. The zero-order valence-electron chi connectivity index (χ0n) is 16.1. The molecule has 144 valence electrons. The van der Waals surface area contributed by atoms with Gasteiger partial charge in [-0.15, -0.1) is 0 Å². The lowest BCUT2D eigenvalue weighted by molar-refractivity contribution is -0.123. The van der Waals surface area contributed by atoms with Crippen LogP contribution in [0.5, 0.6) is 11.5 Å². The Kier molecular flexibility index (Phi) is 6.78. The Labute approximate surface area is 157 Å². The largest absolute Gasteiger partial charge is 0.490 e. The van der Waals surface area contributed by atoms with Crippen LogP contribution >= 0.6 is 0 Å². The number of amides is 1. The van der Waals surface area contributed by atoms with E-state index in [9.17, 15) is 4.79 Å². The fraction of sp³-hybridized carbons (Fsp3) is 0.667. The highest BCUT2D eigenvalue weighted by Crippen LogP contribution is 2.34. The molecule has 1 aromatic rings. The van der Waals surface area contributed by atoms with Crippen molar-refractivity contribution in [3.8, 4) is 11.5 Å². The molecule has 5 nitrogen and oxygen atoms in total. The first-order valence-corrected chi connectivity index (χ1v) is 10.0. The number of ether oxygens (including phenoxy) is 2. The molecule has 0 bridgehead atoms. The number of hydrogen-bond acceptors (Lipinski definition) is 4. The topological polar surface area (TPSA) is 50.8 Å². The van der Waals surface area contributed by atoms with Crippen LogP contribution in [0.25, 0.3) is 0 Å². The number of rotatable bonds is 5. The molecule has 1 atom stereocenters. The summed E-state index contributed by atoms with van der Waals surface area (Å²) in [5, 5.41) is 3.25. The highest BCUT2D eigenvalue weighted by Gasteiger charge is 2.22. The summed E-state index contributed by atoms with van der Waals surface area (Å²) in [7, 11) is 0. The van der Waals surface area contributed by atoms with Gasteiger partial charge in [-0.05, 0) is 49.5 Å². The van der Waals surface area contributed by atoms with Gasteiger partial charge < -0.3 is 14.8 Å². The van der Waals surface area contributed by atoms with Crippen molar-refractivity contribution in [2.75, 3.05) is 32.8 Å². The van der Waals surface area contributed by atoms with E-state index in [-0.39, 0.29) is 11.9 Å². The third-order valence-electron chi connectivity index (χ3n) is 5.18. The molecule has 3 rings (SSSR count). The van der Waals surface area contributed by atoms with Crippen LogP contribution in [0.3, 0.4) is 0 Å². The van der Waals surface area contributed by atoms with Crippen LogP contribution in [0.1, 0.15) is 57.6 Å². The third-order valence-corrected chi connectivity index (χ3v) is 5.18. The van der Waals surface area contributed by atoms with Crippen molar-refractivity contribution in [2.24, 2.45) is 5.92 Å².